The van der Waals surface area contributed by atoms with Gasteiger partial charge in [0.25, 0.3) is 0 Å². The average Bonchev–Trinajstić information content (AvgIpc) is 3.74. The second-order valence-corrected chi connectivity index (χ2v) is 9.67. The Hall–Kier alpha value is -4.41. The maximum atomic E-state index is 12.5. The Labute approximate surface area is 230 Å². The Bertz CT molecular complexity index is 1270. The first kappa shape index (κ1) is 29.2. The third kappa shape index (κ3) is 9.76. The number of benzene rings is 1. The fourth-order valence-electron chi connectivity index (χ4n) is 3.36. The third-order valence-electron chi connectivity index (χ3n) is 6.02. The maximum absolute atomic E-state index is 12.5. The molecular weight excluding hydrogens is 492 g/mol. The van der Waals surface area contributed by atoms with E-state index in [1.807, 2.05) is 31.1 Å². The number of unbranched alkanes of at least 4 members (excludes halogenated alkanes) is 1. The van der Waals surface area contributed by atoms with E-state index in [0.29, 0.717) is 54.9 Å². The number of anilines is 3. The SMILES string of the molecule is C[C@@H](C(=O)NCCCC#Cc1cnc(Nc2ccc(C#N)cc2)nc1NC1CC1)N(C)C(=O)C=CCN(C)C. The normalized spacial score (nSPS) is 13.2. The van der Waals surface area contributed by atoms with Crippen LogP contribution in [-0.2, 0) is 9.59 Å². The van der Waals surface area contributed by atoms with Gasteiger partial charge < -0.3 is 25.8 Å². The highest BCUT2D eigenvalue weighted by Crippen LogP contribution is 2.26. The largest absolute Gasteiger partial charge is 0.366 e. The number of nitrogens with one attached hydrogen (secondary N) is 3. The van der Waals surface area contributed by atoms with Crippen LogP contribution in [0, 0.1) is 23.2 Å². The lowest BCUT2D eigenvalue weighted by Gasteiger charge is -2.23. The molecule has 2 aromatic rings. The standard InChI is InChI=1S/C29H36N8O2/c1-21(37(4)26(38)10-8-18-36(2)3)28(39)31-17-7-5-6-9-23-20-32-29(35-27(23)33-24-15-16-24)34-25-13-11-22(19-30)12-14-25/h8,10-14,20-21,24H,5,7,15-18H2,1-4H3,(H,31,39)(H2,32,33,34,35)/t21-/m0/s1. The van der Waals surface area contributed by atoms with E-state index in [9.17, 15) is 9.59 Å². The molecule has 1 aromatic heterocycles. The fraction of sp³-hybridized carbons (Fsp3) is 0.414. The van der Waals surface area contributed by atoms with Crippen LogP contribution in [0.5, 0.6) is 0 Å². The summed E-state index contributed by atoms with van der Waals surface area (Å²) >= 11 is 0. The summed E-state index contributed by atoms with van der Waals surface area (Å²) in [5.41, 5.74) is 2.09. The smallest absolute Gasteiger partial charge is 0.246 e. The van der Waals surface area contributed by atoms with Gasteiger partial charge in [0.2, 0.25) is 17.8 Å². The van der Waals surface area contributed by atoms with Gasteiger partial charge >= 0.3 is 0 Å². The average molecular weight is 529 g/mol. The summed E-state index contributed by atoms with van der Waals surface area (Å²) in [5.74, 6) is 7.02. The molecule has 2 amide bonds. The van der Waals surface area contributed by atoms with E-state index in [4.69, 9.17) is 5.26 Å². The molecular formula is C29H36N8O2. The van der Waals surface area contributed by atoms with Crippen molar-refractivity contribution in [1.82, 2.24) is 25.1 Å². The number of hydrogen-bond donors (Lipinski definition) is 3. The second-order valence-electron chi connectivity index (χ2n) is 9.67. The minimum atomic E-state index is -0.572. The zero-order valence-electron chi connectivity index (χ0n) is 23.0. The van der Waals surface area contributed by atoms with Crippen LogP contribution in [0.25, 0.3) is 0 Å². The summed E-state index contributed by atoms with van der Waals surface area (Å²) in [6.45, 7) is 2.83. The molecule has 1 atom stereocenters. The van der Waals surface area contributed by atoms with Crippen molar-refractivity contribution in [3.63, 3.8) is 0 Å². The molecule has 10 heteroatoms. The van der Waals surface area contributed by atoms with Crippen LogP contribution in [-0.4, -0.2) is 77.9 Å². The van der Waals surface area contributed by atoms with E-state index in [1.165, 1.54) is 11.0 Å². The molecule has 0 saturated heterocycles. The molecule has 1 aliphatic carbocycles. The first-order valence-corrected chi connectivity index (χ1v) is 13.0. The van der Waals surface area contributed by atoms with E-state index < -0.39 is 6.04 Å². The van der Waals surface area contributed by atoms with Crippen LogP contribution in [0.2, 0.25) is 0 Å². The number of rotatable bonds is 12. The zero-order valence-corrected chi connectivity index (χ0v) is 23.0. The number of likely N-dealkylation sites (N-methyl/N-ethyl adjacent to an activating group) is 2. The molecule has 1 fully saturated rings. The molecule has 3 rings (SSSR count). The lowest BCUT2D eigenvalue weighted by atomic mass is 10.2. The highest BCUT2D eigenvalue weighted by atomic mass is 16.2. The van der Waals surface area contributed by atoms with Crippen LogP contribution in [0.1, 0.15) is 43.7 Å². The van der Waals surface area contributed by atoms with E-state index in [1.54, 1.807) is 38.4 Å². The Morgan fingerprint density at radius 3 is 2.62 bits per heavy atom. The minimum absolute atomic E-state index is 0.200. The van der Waals surface area contributed by atoms with Gasteiger partial charge in [-0.2, -0.15) is 10.2 Å². The Morgan fingerprint density at radius 1 is 1.21 bits per heavy atom. The van der Waals surface area contributed by atoms with Crippen molar-refractivity contribution in [3.05, 3.63) is 53.7 Å². The molecule has 204 valence electrons. The number of carbonyl (C=O) groups is 2. The molecule has 1 heterocycles. The van der Waals surface area contributed by atoms with Crippen LogP contribution in [0.3, 0.4) is 0 Å². The van der Waals surface area contributed by atoms with Gasteiger partial charge in [-0.15, -0.1) is 0 Å². The monoisotopic (exact) mass is 528 g/mol. The first-order chi connectivity index (χ1) is 18.8. The first-order valence-electron chi connectivity index (χ1n) is 13.0. The Balaban J connectivity index is 1.49. The number of hydrogen-bond acceptors (Lipinski definition) is 8. The van der Waals surface area contributed by atoms with Gasteiger partial charge in [0.15, 0.2) is 0 Å². The fourth-order valence-corrected chi connectivity index (χ4v) is 3.36. The van der Waals surface area contributed by atoms with Crippen molar-refractivity contribution in [2.45, 2.75) is 44.7 Å². The lowest BCUT2D eigenvalue weighted by molar-refractivity contribution is -0.135. The second kappa shape index (κ2) is 14.5. The summed E-state index contributed by atoms with van der Waals surface area (Å²) < 4.78 is 0. The Kier molecular flexibility index (Phi) is 10.8. The lowest BCUT2D eigenvalue weighted by Crippen LogP contribution is -2.45. The molecule has 0 aliphatic heterocycles. The molecule has 3 N–H and O–H groups in total. The van der Waals surface area contributed by atoms with E-state index >= 15 is 0 Å². The van der Waals surface area contributed by atoms with Crippen LogP contribution in [0.15, 0.2) is 42.6 Å². The number of amides is 2. The number of nitrogens with zero attached hydrogens (tertiary/aromatic N) is 5. The van der Waals surface area contributed by atoms with Crippen molar-refractivity contribution in [3.8, 4) is 17.9 Å². The summed E-state index contributed by atoms with van der Waals surface area (Å²) in [5, 5.41) is 18.4. The molecule has 39 heavy (non-hydrogen) atoms. The number of carbonyl (C=O) groups excluding carboxylic acids is 2. The molecule has 0 unspecified atom stereocenters. The van der Waals surface area contributed by atoms with Crippen LogP contribution < -0.4 is 16.0 Å². The van der Waals surface area contributed by atoms with Crippen molar-refractivity contribution in [2.75, 3.05) is 44.9 Å². The highest BCUT2D eigenvalue weighted by Gasteiger charge is 2.23. The molecule has 0 radical (unpaired) electrons. The summed E-state index contributed by atoms with van der Waals surface area (Å²) in [6.07, 6.45) is 8.42. The molecule has 10 nitrogen and oxygen atoms in total. The Morgan fingerprint density at radius 2 is 1.95 bits per heavy atom. The third-order valence-corrected chi connectivity index (χ3v) is 6.02. The molecule has 1 saturated carbocycles. The summed E-state index contributed by atoms with van der Waals surface area (Å²) in [4.78, 5) is 37.1. The molecule has 1 aromatic carbocycles. The topological polar surface area (TPSA) is 126 Å². The predicted molar refractivity (Wildman–Crippen MR) is 152 cm³/mol. The number of nitriles is 1. The van der Waals surface area contributed by atoms with Gasteiger partial charge in [0.1, 0.15) is 11.9 Å². The highest BCUT2D eigenvalue weighted by molar-refractivity contribution is 5.92. The van der Waals surface area contributed by atoms with Gasteiger partial charge in [-0.1, -0.05) is 17.9 Å². The van der Waals surface area contributed by atoms with Gasteiger partial charge in [-0.25, -0.2) is 4.98 Å². The van der Waals surface area contributed by atoms with E-state index in [2.05, 4.69) is 43.8 Å². The van der Waals surface area contributed by atoms with Crippen molar-refractivity contribution >= 4 is 29.3 Å². The van der Waals surface area contributed by atoms with Crippen molar-refractivity contribution in [2.24, 2.45) is 0 Å². The van der Waals surface area contributed by atoms with Gasteiger partial charge in [-0.05, 0) is 64.5 Å². The van der Waals surface area contributed by atoms with Gasteiger partial charge in [0, 0.05) is 44.4 Å². The molecule has 0 bridgehead atoms. The van der Waals surface area contributed by atoms with Crippen molar-refractivity contribution in [1.29, 1.82) is 5.26 Å². The van der Waals surface area contributed by atoms with Gasteiger partial charge in [0.05, 0.1) is 23.4 Å². The molecule has 0 spiro atoms. The van der Waals surface area contributed by atoms with Crippen LogP contribution >= 0.6 is 0 Å². The predicted octanol–water partition coefficient (Wildman–Crippen LogP) is 2.88. The van der Waals surface area contributed by atoms with Crippen molar-refractivity contribution < 1.29 is 9.59 Å². The summed E-state index contributed by atoms with van der Waals surface area (Å²) in [7, 11) is 5.47. The van der Waals surface area contributed by atoms with Crippen LogP contribution in [0.4, 0.5) is 17.5 Å². The number of aromatic nitrogens is 2. The van der Waals surface area contributed by atoms with E-state index in [-0.39, 0.29) is 11.8 Å². The summed E-state index contributed by atoms with van der Waals surface area (Å²) in [6, 6.07) is 9.01. The van der Waals surface area contributed by atoms with Gasteiger partial charge in [-0.3, -0.25) is 9.59 Å². The maximum Gasteiger partial charge on any atom is 0.246 e. The zero-order chi connectivity index (χ0) is 28.2. The quantitative estimate of drug-likeness (QED) is 0.218. The molecule has 1 aliphatic rings. The minimum Gasteiger partial charge on any atom is -0.366 e. The van der Waals surface area contributed by atoms with E-state index in [0.717, 1.165) is 18.5 Å².